The molecule has 1 heterocycles. The van der Waals surface area contributed by atoms with Crippen LogP contribution in [0.1, 0.15) is 36.2 Å². The van der Waals surface area contributed by atoms with E-state index in [1.165, 1.54) is 23.5 Å². The van der Waals surface area contributed by atoms with Crippen LogP contribution in [0.4, 0.5) is 0 Å². The molecule has 0 aromatic heterocycles. The van der Waals surface area contributed by atoms with Crippen LogP contribution < -0.4 is 10.1 Å². The first-order valence-corrected chi connectivity index (χ1v) is 11.8. The lowest BCUT2D eigenvalue weighted by Crippen LogP contribution is -2.42. The van der Waals surface area contributed by atoms with Crippen molar-refractivity contribution in [1.82, 2.24) is 9.62 Å². The van der Waals surface area contributed by atoms with E-state index >= 15 is 0 Å². The quantitative estimate of drug-likeness (QED) is 0.725. The Balaban J connectivity index is 1.78. The molecule has 2 atom stereocenters. The Morgan fingerprint density at radius 2 is 1.81 bits per heavy atom. The van der Waals surface area contributed by atoms with Gasteiger partial charge in [-0.15, -0.1) is 0 Å². The van der Waals surface area contributed by atoms with Crippen LogP contribution in [0.15, 0.2) is 53.4 Å². The lowest BCUT2D eigenvalue weighted by molar-refractivity contribution is 0.0958. The summed E-state index contributed by atoms with van der Waals surface area (Å²) in [6, 6.07) is 13.9. The maximum atomic E-state index is 13.3. The second-order valence-corrected chi connectivity index (χ2v) is 9.89. The highest BCUT2D eigenvalue weighted by molar-refractivity contribution is 7.89. The van der Waals surface area contributed by atoms with Crippen LogP contribution in [0.25, 0.3) is 0 Å². The average Bonchev–Trinajstić information content (AvgIpc) is 2.76. The smallest absolute Gasteiger partial charge is 0.252 e. The Morgan fingerprint density at radius 3 is 2.45 bits per heavy atom. The van der Waals surface area contributed by atoms with E-state index in [2.05, 4.69) is 31.0 Å². The van der Waals surface area contributed by atoms with E-state index in [-0.39, 0.29) is 40.5 Å². The number of rotatable bonds is 5. The third-order valence-corrected chi connectivity index (χ3v) is 7.08. The standard InChI is InChI=1S/C24H28N2O4S/c1-18-14-19(2)17-26(16-18)31(28,29)23-15-21(11-12-22(23)30-3)24(27)25-13-7-10-20-8-5-4-6-9-20/h4-6,8-9,11-12,15,18-19H,13-14,16-17H2,1-3H3,(H,25,27). The molecule has 2 aromatic carbocycles. The highest BCUT2D eigenvalue weighted by Crippen LogP contribution is 2.32. The minimum atomic E-state index is -3.79. The van der Waals surface area contributed by atoms with Crippen molar-refractivity contribution < 1.29 is 17.9 Å². The molecule has 2 aromatic rings. The number of hydrogen-bond donors (Lipinski definition) is 1. The molecule has 0 aliphatic carbocycles. The highest BCUT2D eigenvalue weighted by Gasteiger charge is 2.34. The highest BCUT2D eigenvalue weighted by atomic mass is 32.2. The van der Waals surface area contributed by atoms with Crippen molar-refractivity contribution in [3.8, 4) is 17.6 Å². The van der Waals surface area contributed by atoms with E-state index in [4.69, 9.17) is 4.74 Å². The van der Waals surface area contributed by atoms with Gasteiger partial charge in [-0.3, -0.25) is 4.79 Å². The summed E-state index contributed by atoms with van der Waals surface area (Å²) in [5.41, 5.74) is 1.11. The van der Waals surface area contributed by atoms with Gasteiger partial charge in [0, 0.05) is 24.2 Å². The molecule has 1 aliphatic heterocycles. The number of ether oxygens (including phenoxy) is 1. The van der Waals surface area contributed by atoms with Gasteiger partial charge in [-0.2, -0.15) is 4.31 Å². The van der Waals surface area contributed by atoms with E-state index < -0.39 is 10.0 Å². The van der Waals surface area contributed by atoms with E-state index in [0.717, 1.165) is 12.0 Å². The molecule has 1 fully saturated rings. The van der Waals surface area contributed by atoms with E-state index in [1.807, 2.05) is 30.3 Å². The molecule has 0 spiro atoms. The normalized spacial score (nSPS) is 19.2. The third-order valence-electron chi connectivity index (χ3n) is 5.22. The van der Waals surface area contributed by atoms with Crippen molar-refractivity contribution >= 4 is 15.9 Å². The number of methoxy groups -OCH3 is 1. The van der Waals surface area contributed by atoms with E-state index in [0.29, 0.717) is 13.1 Å². The molecule has 0 saturated carbocycles. The maximum absolute atomic E-state index is 13.3. The Kier molecular flexibility index (Phi) is 7.37. The summed E-state index contributed by atoms with van der Waals surface area (Å²) >= 11 is 0. The Bertz CT molecular complexity index is 1080. The molecule has 0 bridgehead atoms. The van der Waals surface area contributed by atoms with Crippen molar-refractivity contribution in [2.75, 3.05) is 26.7 Å². The van der Waals surface area contributed by atoms with Crippen molar-refractivity contribution in [1.29, 1.82) is 0 Å². The van der Waals surface area contributed by atoms with Crippen LogP contribution >= 0.6 is 0 Å². The van der Waals surface area contributed by atoms with E-state index in [1.54, 1.807) is 6.07 Å². The Morgan fingerprint density at radius 1 is 1.13 bits per heavy atom. The first-order chi connectivity index (χ1) is 14.8. The molecule has 1 amide bonds. The number of sulfonamides is 1. The monoisotopic (exact) mass is 440 g/mol. The van der Waals surface area contributed by atoms with Gasteiger partial charge in [0.05, 0.1) is 13.7 Å². The zero-order chi connectivity index (χ0) is 22.4. The van der Waals surface area contributed by atoms with Crippen LogP contribution in [-0.4, -0.2) is 45.4 Å². The Labute approximate surface area is 184 Å². The van der Waals surface area contributed by atoms with E-state index in [9.17, 15) is 13.2 Å². The molecule has 1 saturated heterocycles. The van der Waals surface area contributed by atoms with Gasteiger partial charge < -0.3 is 10.1 Å². The number of nitrogens with zero attached hydrogens (tertiary/aromatic N) is 1. The third kappa shape index (κ3) is 5.66. The summed E-state index contributed by atoms with van der Waals surface area (Å²) in [6.07, 6.45) is 0.996. The zero-order valence-corrected chi connectivity index (χ0v) is 18.9. The average molecular weight is 441 g/mol. The molecule has 3 rings (SSSR count). The molecule has 1 N–H and O–H groups in total. The van der Waals surface area contributed by atoms with Gasteiger partial charge in [0.1, 0.15) is 10.6 Å². The SMILES string of the molecule is COc1ccc(C(=O)NCC#Cc2ccccc2)cc1S(=O)(=O)N1CC(C)CC(C)C1. The molecule has 1 aliphatic rings. The molecule has 164 valence electrons. The number of piperidine rings is 1. The van der Waals surface area contributed by atoms with Crippen LogP contribution in [0.2, 0.25) is 0 Å². The predicted octanol–water partition coefficient (Wildman–Crippen LogP) is 3.14. The van der Waals surface area contributed by atoms with Gasteiger partial charge in [-0.1, -0.05) is 43.9 Å². The van der Waals surface area contributed by atoms with Gasteiger partial charge in [-0.25, -0.2) is 8.42 Å². The first kappa shape index (κ1) is 22.9. The number of carbonyl (C=O) groups is 1. The molecule has 6 nitrogen and oxygen atoms in total. The molecule has 0 radical (unpaired) electrons. The van der Waals surface area contributed by atoms with Crippen LogP contribution in [-0.2, 0) is 10.0 Å². The minimum absolute atomic E-state index is 0.0133. The predicted molar refractivity (Wildman–Crippen MR) is 120 cm³/mol. The van der Waals surface area contributed by atoms with Gasteiger partial charge >= 0.3 is 0 Å². The number of carbonyl (C=O) groups excluding carboxylic acids is 1. The lowest BCUT2D eigenvalue weighted by atomic mass is 9.94. The molecular formula is C24H28N2O4S. The molecular weight excluding hydrogens is 412 g/mol. The minimum Gasteiger partial charge on any atom is -0.495 e. The number of nitrogens with one attached hydrogen (secondary N) is 1. The largest absolute Gasteiger partial charge is 0.495 e. The van der Waals surface area contributed by atoms with Crippen molar-refractivity contribution in [2.45, 2.75) is 25.2 Å². The van der Waals surface area contributed by atoms with Crippen molar-refractivity contribution in [3.63, 3.8) is 0 Å². The number of hydrogen-bond acceptors (Lipinski definition) is 4. The molecule has 31 heavy (non-hydrogen) atoms. The lowest BCUT2D eigenvalue weighted by Gasteiger charge is -2.34. The van der Waals surface area contributed by atoms with Crippen molar-refractivity contribution in [3.05, 3.63) is 59.7 Å². The van der Waals surface area contributed by atoms with Gasteiger partial charge in [-0.05, 0) is 48.6 Å². The second-order valence-electron chi connectivity index (χ2n) is 7.98. The fourth-order valence-corrected chi connectivity index (χ4v) is 5.72. The second kappa shape index (κ2) is 9.99. The molecule has 2 unspecified atom stereocenters. The fraction of sp³-hybridized carbons (Fsp3) is 0.375. The zero-order valence-electron chi connectivity index (χ0n) is 18.1. The van der Waals surface area contributed by atoms with Crippen LogP contribution in [0, 0.1) is 23.7 Å². The summed E-state index contributed by atoms with van der Waals surface area (Å²) in [5, 5.41) is 2.72. The summed E-state index contributed by atoms with van der Waals surface area (Å²) in [5.74, 6) is 6.26. The first-order valence-electron chi connectivity index (χ1n) is 10.3. The van der Waals surface area contributed by atoms with Gasteiger partial charge in [0.25, 0.3) is 5.91 Å². The topological polar surface area (TPSA) is 75.7 Å². The van der Waals surface area contributed by atoms with Crippen molar-refractivity contribution in [2.24, 2.45) is 11.8 Å². The number of amides is 1. The van der Waals surface area contributed by atoms with Crippen LogP contribution in [0.3, 0.4) is 0 Å². The molecule has 7 heteroatoms. The Hall–Kier alpha value is -2.82. The summed E-state index contributed by atoms with van der Waals surface area (Å²) in [6.45, 7) is 5.18. The number of benzene rings is 2. The fourth-order valence-electron chi connectivity index (χ4n) is 3.85. The summed E-state index contributed by atoms with van der Waals surface area (Å²) in [4.78, 5) is 12.6. The van der Waals surface area contributed by atoms with Gasteiger partial charge in [0.2, 0.25) is 10.0 Å². The summed E-state index contributed by atoms with van der Waals surface area (Å²) < 4.78 is 33.5. The summed E-state index contributed by atoms with van der Waals surface area (Å²) in [7, 11) is -2.36. The maximum Gasteiger partial charge on any atom is 0.252 e. The van der Waals surface area contributed by atoms with Gasteiger partial charge in [0.15, 0.2) is 0 Å². The van der Waals surface area contributed by atoms with Crippen LogP contribution in [0.5, 0.6) is 5.75 Å².